The Hall–Kier alpha value is -2.47. The molecule has 128 valence electrons. The van der Waals surface area contributed by atoms with Crippen LogP contribution in [0.1, 0.15) is 28.2 Å². The van der Waals surface area contributed by atoms with E-state index in [0.29, 0.717) is 12.4 Å². The average Bonchev–Trinajstić information content (AvgIpc) is 3.07. The molecule has 1 fully saturated rings. The first-order valence-electron chi connectivity index (χ1n) is 8.44. The lowest BCUT2D eigenvalue weighted by molar-refractivity contribution is 0.0530. The van der Waals surface area contributed by atoms with Crippen molar-refractivity contribution >= 4 is 27.3 Å². The molecule has 0 spiro atoms. The van der Waals surface area contributed by atoms with Gasteiger partial charge < -0.3 is 9.64 Å². The van der Waals surface area contributed by atoms with Crippen molar-refractivity contribution in [2.45, 2.75) is 25.9 Å². The van der Waals surface area contributed by atoms with Gasteiger partial charge in [-0.05, 0) is 43.4 Å². The fourth-order valence-corrected chi connectivity index (χ4v) is 4.11. The van der Waals surface area contributed by atoms with E-state index in [1.54, 1.807) is 11.3 Å². The van der Waals surface area contributed by atoms with Gasteiger partial charge in [0.2, 0.25) is 5.88 Å². The fraction of sp³-hybridized carbons (Fsp3) is 0.316. The van der Waals surface area contributed by atoms with E-state index in [1.165, 1.54) is 0 Å². The van der Waals surface area contributed by atoms with Gasteiger partial charge in [0, 0.05) is 17.3 Å². The van der Waals surface area contributed by atoms with E-state index in [2.05, 4.69) is 16.3 Å². The van der Waals surface area contributed by atoms with Gasteiger partial charge in [-0.25, -0.2) is 0 Å². The van der Waals surface area contributed by atoms with Crippen molar-refractivity contribution < 1.29 is 9.53 Å². The summed E-state index contributed by atoms with van der Waals surface area (Å²) in [5.74, 6) is 0.608. The molecular formula is C19H19N3O2S. The summed E-state index contributed by atoms with van der Waals surface area (Å²) in [7, 11) is 0. The quantitative estimate of drug-likeness (QED) is 0.721. The number of rotatable bonds is 3. The van der Waals surface area contributed by atoms with E-state index in [4.69, 9.17) is 4.74 Å². The Morgan fingerprint density at radius 1 is 1.24 bits per heavy atom. The maximum Gasteiger partial charge on any atom is 0.264 e. The highest BCUT2D eigenvalue weighted by Gasteiger charge is 2.27. The largest absolute Gasteiger partial charge is 0.471 e. The second kappa shape index (κ2) is 6.80. The highest BCUT2D eigenvalue weighted by molar-refractivity contribution is 7.20. The molecule has 3 heterocycles. The first-order valence-corrected chi connectivity index (χ1v) is 9.25. The Kier molecular flexibility index (Phi) is 4.36. The Balaban J connectivity index is 1.46. The van der Waals surface area contributed by atoms with Gasteiger partial charge in [0.15, 0.2) is 0 Å². The first-order chi connectivity index (χ1) is 12.2. The van der Waals surface area contributed by atoms with Gasteiger partial charge in [0.1, 0.15) is 6.10 Å². The van der Waals surface area contributed by atoms with Gasteiger partial charge >= 0.3 is 0 Å². The summed E-state index contributed by atoms with van der Waals surface area (Å²) >= 11 is 1.55. The van der Waals surface area contributed by atoms with Crippen molar-refractivity contribution in [1.29, 1.82) is 0 Å². The minimum atomic E-state index is -0.0379. The predicted octanol–water partition coefficient (Wildman–Crippen LogP) is 3.68. The molecule has 5 nitrogen and oxygen atoms in total. The van der Waals surface area contributed by atoms with Crippen LogP contribution in [-0.4, -0.2) is 40.2 Å². The molecule has 1 atom stereocenters. The number of ether oxygens (including phenoxy) is 1. The fourth-order valence-electron chi connectivity index (χ4n) is 3.08. The van der Waals surface area contributed by atoms with Crippen molar-refractivity contribution in [3.05, 3.63) is 53.0 Å². The van der Waals surface area contributed by atoms with E-state index in [9.17, 15) is 4.79 Å². The smallest absolute Gasteiger partial charge is 0.264 e. The molecule has 0 radical (unpaired) electrons. The van der Waals surface area contributed by atoms with Crippen molar-refractivity contribution in [2.75, 3.05) is 13.1 Å². The zero-order valence-electron chi connectivity index (χ0n) is 14.0. The molecule has 0 N–H and O–H groups in total. The van der Waals surface area contributed by atoms with E-state index in [0.717, 1.165) is 40.0 Å². The molecule has 6 heteroatoms. The van der Waals surface area contributed by atoms with Crippen LogP contribution >= 0.6 is 11.3 Å². The number of hydrogen-bond acceptors (Lipinski definition) is 5. The van der Waals surface area contributed by atoms with Crippen LogP contribution in [0, 0.1) is 6.92 Å². The van der Waals surface area contributed by atoms with Crippen LogP contribution in [0.25, 0.3) is 10.1 Å². The SMILES string of the molecule is Cc1ccc(OC2CCCN(C(=O)c3cc4ccccc4s3)C2)nn1. The number of nitrogens with zero attached hydrogens (tertiary/aromatic N) is 3. The lowest BCUT2D eigenvalue weighted by Gasteiger charge is -2.32. The number of benzene rings is 1. The molecule has 2 aromatic heterocycles. The first kappa shape index (κ1) is 16.0. The summed E-state index contributed by atoms with van der Waals surface area (Å²) in [5, 5.41) is 9.19. The third kappa shape index (κ3) is 3.49. The predicted molar refractivity (Wildman–Crippen MR) is 98.1 cm³/mol. The van der Waals surface area contributed by atoms with Crippen LogP contribution in [0.4, 0.5) is 0 Å². The molecule has 1 amide bonds. The Bertz CT molecular complexity index is 858. The monoisotopic (exact) mass is 353 g/mol. The molecular weight excluding hydrogens is 334 g/mol. The maximum atomic E-state index is 12.9. The number of carbonyl (C=O) groups is 1. The standard InChI is InChI=1S/C19H19N3O2S/c1-13-8-9-18(21-20-13)24-15-6-4-10-22(12-15)19(23)17-11-14-5-2-3-7-16(14)25-17/h2-3,5,7-9,11,15H,4,6,10,12H2,1H3. The summed E-state index contributed by atoms with van der Waals surface area (Å²) in [6.45, 7) is 3.25. The normalized spacial score (nSPS) is 17.6. The highest BCUT2D eigenvalue weighted by Crippen LogP contribution is 2.27. The number of piperidine rings is 1. The van der Waals surface area contributed by atoms with Crippen LogP contribution in [-0.2, 0) is 0 Å². The maximum absolute atomic E-state index is 12.9. The molecule has 4 rings (SSSR count). The van der Waals surface area contributed by atoms with Crippen LogP contribution < -0.4 is 4.74 Å². The second-order valence-electron chi connectivity index (χ2n) is 6.29. The summed E-state index contributed by atoms with van der Waals surface area (Å²) in [4.78, 5) is 15.5. The topological polar surface area (TPSA) is 55.3 Å². The minimum absolute atomic E-state index is 0.0379. The zero-order chi connectivity index (χ0) is 17.2. The molecule has 0 bridgehead atoms. The van der Waals surface area contributed by atoms with Gasteiger partial charge in [0.05, 0.1) is 17.1 Å². The van der Waals surface area contributed by atoms with E-state index in [-0.39, 0.29) is 12.0 Å². The lowest BCUT2D eigenvalue weighted by atomic mass is 10.1. The number of hydrogen-bond donors (Lipinski definition) is 0. The number of amides is 1. The summed E-state index contributed by atoms with van der Waals surface area (Å²) < 4.78 is 7.07. The van der Waals surface area contributed by atoms with Crippen LogP contribution in [0.3, 0.4) is 0 Å². The number of fused-ring (bicyclic) bond motifs is 1. The van der Waals surface area contributed by atoms with Gasteiger partial charge in [-0.3, -0.25) is 4.79 Å². The second-order valence-corrected chi connectivity index (χ2v) is 7.38. The van der Waals surface area contributed by atoms with Crippen molar-refractivity contribution in [2.24, 2.45) is 0 Å². The Labute approximate surface area is 150 Å². The number of thiophene rings is 1. The molecule has 1 saturated heterocycles. The minimum Gasteiger partial charge on any atom is -0.471 e. The molecule has 0 saturated carbocycles. The van der Waals surface area contributed by atoms with Gasteiger partial charge in [-0.1, -0.05) is 18.2 Å². The van der Waals surface area contributed by atoms with Crippen LogP contribution in [0.5, 0.6) is 5.88 Å². The molecule has 1 aliphatic rings. The molecule has 1 unspecified atom stereocenters. The Morgan fingerprint density at radius 2 is 2.12 bits per heavy atom. The lowest BCUT2D eigenvalue weighted by Crippen LogP contribution is -2.44. The molecule has 1 aliphatic heterocycles. The molecule has 0 aliphatic carbocycles. The number of aromatic nitrogens is 2. The van der Waals surface area contributed by atoms with E-state index >= 15 is 0 Å². The zero-order valence-corrected chi connectivity index (χ0v) is 14.8. The van der Waals surface area contributed by atoms with Crippen molar-refractivity contribution in [3.8, 4) is 5.88 Å². The molecule has 25 heavy (non-hydrogen) atoms. The number of likely N-dealkylation sites (tertiary alicyclic amines) is 1. The third-order valence-electron chi connectivity index (χ3n) is 4.36. The molecule has 3 aromatic rings. The average molecular weight is 353 g/mol. The number of carbonyl (C=O) groups excluding carboxylic acids is 1. The van der Waals surface area contributed by atoms with Crippen molar-refractivity contribution in [3.63, 3.8) is 0 Å². The summed E-state index contributed by atoms with van der Waals surface area (Å²) in [5.41, 5.74) is 0.859. The van der Waals surface area contributed by atoms with Gasteiger partial charge in [0.25, 0.3) is 5.91 Å². The van der Waals surface area contributed by atoms with Gasteiger partial charge in [-0.2, -0.15) is 5.10 Å². The summed E-state index contributed by atoms with van der Waals surface area (Å²) in [6, 6.07) is 13.8. The van der Waals surface area contributed by atoms with E-state index in [1.807, 2.05) is 48.2 Å². The van der Waals surface area contributed by atoms with Crippen LogP contribution in [0.15, 0.2) is 42.5 Å². The summed E-state index contributed by atoms with van der Waals surface area (Å²) in [6.07, 6.45) is 1.82. The molecule has 1 aromatic carbocycles. The van der Waals surface area contributed by atoms with Gasteiger partial charge in [-0.15, -0.1) is 16.4 Å². The van der Waals surface area contributed by atoms with Crippen LogP contribution in [0.2, 0.25) is 0 Å². The van der Waals surface area contributed by atoms with Crippen molar-refractivity contribution in [1.82, 2.24) is 15.1 Å². The Morgan fingerprint density at radius 3 is 2.92 bits per heavy atom. The number of aryl methyl sites for hydroxylation is 1. The third-order valence-corrected chi connectivity index (χ3v) is 5.47. The van der Waals surface area contributed by atoms with E-state index < -0.39 is 0 Å². The highest BCUT2D eigenvalue weighted by atomic mass is 32.1.